The van der Waals surface area contributed by atoms with Crippen LogP contribution in [0.25, 0.3) is 0 Å². The summed E-state index contributed by atoms with van der Waals surface area (Å²) in [5.74, 6) is -0.835. The van der Waals surface area contributed by atoms with E-state index >= 15 is 0 Å². The molecule has 2 aliphatic rings. The summed E-state index contributed by atoms with van der Waals surface area (Å²) >= 11 is 0. The summed E-state index contributed by atoms with van der Waals surface area (Å²) in [5.41, 5.74) is 0. The first-order valence-electron chi connectivity index (χ1n) is 7.90. The number of carbonyl (C=O) groups excluding carboxylic acids is 2. The zero-order chi connectivity index (χ0) is 15.9. The third-order valence-electron chi connectivity index (χ3n) is 4.33. The molecule has 2 saturated heterocycles. The van der Waals surface area contributed by atoms with Gasteiger partial charge in [-0.3, -0.25) is 19.4 Å². The topological polar surface area (TPSA) is 87.6 Å². The highest BCUT2D eigenvalue weighted by molar-refractivity contribution is 6.34. The molecule has 8 nitrogen and oxygen atoms in total. The number of amides is 2. The summed E-state index contributed by atoms with van der Waals surface area (Å²) in [6, 6.07) is 0. The van der Waals surface area contributed by atoms with Crippen molar-refractivity contribution in [2.24, 2.45) is 0 Å². The lowest BCUT2D eigenvalue weighted by atomic mass is 10.2. The van der Waals surface area contributed by atoms with Crippen LogP contribution >= 0.6 is 0 Å². The van der Waals surface area contributed by atoms with Crippen LogP contribution in [0.3, 0.4) is 0 Å². The Hall–Kier alpha value is -1.22. The minimum absolute atomic E-state index is 0.116. The van der Waals surface area contributed by atoms with Gasteiger partial charge in [0.25, 0.3) is 0 Å². The second-order valence-corrected chi connectivity index (χ2v) is 5.71. The molecule has 0 radical (unpaired) electrons. The molecule has 2 heterocycles. The third kappa shape index (κ3) is 4.39. The summed E-state index contributed by atoms with van der Waals surface area (Å²) < 4.78 is 0. The van der Waals surface area contributed by atoms with Gasteiger partial charge in [0.2, 0.25) is 0 Å². The maximum Gasteiger partial charge on any atom is 0.312 e. The van der Waals surface area contributed by atoms with Crippen molar-refractivity contribution in [2.75, 3.05) is 78.7 Å². The quantitative estimate of drug-likeness (QED) is 0.548. The average molecular weight is 314 g/mol. The van der Waals surface area contributed by atoms with Gasteiger partial charge in [-0.1, -0.05) is 0 Å². The second kappa shape index (κ2) is 8.42. The first-order chi connectivity index (χ1) is 10.7. The SMILES string of the molecule is O=C(C(=O)N1CCN(CCO)CC1)N1CCN(CCO)CC1. The number of carbonyl (C=O) groups is 2. The van der Waals surface area contributed by atoms with Crippen LogP contribution < -0.4 is 0 Å². The lowest BCUT2D eigenvalue weighted by Crippen LogP contribution is -2.56. The van der Waals surface area contributed by atoms with Crippen molar-refractivity contribution < 1.29 is 19.8 Å². The highest BCUT2D eigenvalue weighted by atomic mass is 16.3. The molecule has 0 bridgehead atoms. The van der Waals surface area contributed by atoms with E-state index in [2.05, 4.69) is 9.80 Å². The van der Waals surface area contributed by atoms with Gasteiger partial charge in [-0.15, -0.1) is 0 Å². The zero-order valence-electron chi connectivity index (χ0n) is 13.0. The van der Waals surface area contributed by atoms with Gasteiger partial charge < -0.3 is 20.0 Å². The summed E-state index contributed by atoms with van der Waals surface area (Å²) in [6.07, 6.45) is 0. The molecular weight excluding hydrogens is 288 g/mol. The highest BCUT2D eigenvalue weighted by Crippen LogP contribution is 2.06. The highest BCUT2D eigenvalue weighted by Gasteiger charge is 2.31. The van der Waals surface area contributed by atoms with Crippen molar-refractivity contribution in [1.82, 2.24) is 19.6 Å². The molecule has 2 rings (SSSR count). The Bertz CT molecular complexity index is 341. The van der Waals surface area contributed by atoms with Crippen LogP contribution in [0.1, 0.15) is 0 Å². The lowest BCUT2D eigenvalue weighted by molar-refractivity contribution is -0.153. The van der Waals surface area contributed by atoms with Crippen LogP contribution in [-0.4, -0.2) is 120 Å². The van der Waals surface area contributed by atoms with E-state index in [4.69, 9.17) is 10.2 Å². The Balaban J connectivity index is 1.77. The van der Waals surface area contributed by atoms with Crippen LogP contribution in [0.5, 0.6) is 0 Å². The van der Waals surface area contributed by atoms with E-state index < -0.39 is 11.8 Å². The first kappa shape index (κ1) is 17.1. The molecule has 0 atom stereocenters. The molecule has 0 spiro atoms. The first-order valence-corrected chi connectivity index (χ1v) is 7.90. The van der Waals surface area contributed by atoms with Crippen LogP contribution in [0.2, 0.25) is 0 Å². The fourth-order valence-corrected chi connectivity index (χ4v) is 2.90. The Labute approximate surface area is 130 Å². The molecule has 8 heteroatoms. The predicted molar refractivity (Wildman–Crippen MR) is 80.2 cm³/mol. The summed E-state index contributed by atoms with van der Waals surface area (Å²) in [6.45, 7) is 6.40. The van der Waals surface area contributed by atoms with E-state index in [-0.39, 0.29) is 13.2 Å². The molecule has 0 aromatic rings. The standard InChI is InChI=1S/C14H26N4O4/c19-11-9-15-1-5-17(6-2-15)13(21)14(22)18-7-3-16(4-8-18)10-12-20/h19-20H,1-12H2. The predicted octanol–water partition coefficient (Wildman–Crippen LogP) is -2.74. The fourth-order valence-electron chi connectivity index (χ4n) is 2.90. The maximum atomic E-state index is 12.3. The Kier molecular flexibility index (Phi) is 6.56. The normalized spacial score (nSPS) is 21.2. The van der Waals surface area contributed by atoms with Gasteiger partial charge in [-0.25, -0.2) is 0 Å². The van der Waals surface area contributed by atoms with Crippen molar-refractivity contribution in [2.45, 2.75) is 0 Å². The number of nitrogens with zero attached hydrogens (tertiary/aromatic N) is 4. The van der Waals surface area contributed by atoms with Crippen LogP contribution in [-0.2, 0) is 9.59 Å². The molecule has 2 N–H and O–H groups in total. The van der Waals surface area contributed by atoms with Gasteiger partial charge in [0.1, 0.15) is 0 Å². The minimum atomic E-state index is -0.417. The summed E-state index contributed by atoms with van der Waals surface area (Å²) in [4.78, 5) is 32.0. The molecular formula is C14H26N4O4. The molecule has 2 amide bonds. The van der Waals surface area contributed by atoms with Crippen molar-refractivity contribution in [3.8, 4) is 0 Å². The van der Waals surface area contributed by atoms with Crippen LogP contribution in [0.4, 0.5) is 0 Å². The monoisotopic (exact) mass is 314 g/mol. The molecule has 126 valence electrons. The van der Waals surface area contributed by atoms with Gasteiger partial charge in [0, 0.05) is 65.4 Å². The van der Waals surface area contributed by atoms with Gasteiger partial charge in [0.15, 0.2) is 0 Å². The summed E-state index contributed by atoms with van der Waals surface area (Å²) in [5, 5.41) is 17.8. The van der Waals surface area contributed by atoms with E-state index in [1.54, 1.807) is 9.80 Å². The number of hydrogen-bond acceptors (Lipinski definition) is 6. The third-order valence-corrected chi connectivity index (χ3v) is 4.33. The molecule has 2 fully saturated rings. The average Bonchev–Trinajstić information content (AvgIpc) is 2.55. The molecule has 2 aliphatic heterocycles. The van der Waals surface area contributed by atoms with Crippen molar-refractivity contribution >= 4 is 11.8 Å². The van der Waals surface area contributed by atoms with Crippen molar-refractivity contribution in [3.05, 3.63) is 0 Å². The largest absolute Gasteiger partial charge is 0.395 e. The molecule has 0 aliphatic carbocycles. The minimum Gasteiger partial charge on any atom is -0.395 e. The van der Waals surface area contributed by atoms with Gasteiger partial charge in [0.05, 0.1) is 13.2 Å². The number of aliphatic hydroxyl groups is 2. The smallest absolute Gasteiger partial charge is 0.312 e. The molecule has 0 unspecified atom stereocenters. The van der Waals surface area contributed by atoms with E-state index in [1.807, 2.05) is 0 Å². The number of aliphatic hydroxyl groups excluding tert-OH is 2. The number of β-amino-alcohol motifs (C(OH)–C–C–N with tert-alkyl or cyclic N) is 2. The van der Waals surface area contributed by atoms with E-state index in [0.29, 0.717) is 65.4 Å². The van der Waals surface area contributed by atoms with E-state index in [0.717, 1.165) is 0 Å². The Morgan fingerprint density at radius 3 is 1.23 bits per heavy atom. The molecule has 22 heavy (non-hydrogen) atoms. The summed E-state index contributed by atoms with van der Waals surface area (Å²) in [7, 11) is 0. The number of hydrogen-bond donors (Lipinski definition) is 2. The second-order valence-electron chi connectivity index (χ2n) is 5.71. The zero-order valence-corrected chi connectivity index (χ0v) is 13.0. The Morgan fingerprint density at radius 2 is 0.955 bits per heavy atom. The van der Waals surface area contributed by atoms with E-state index in [9.17, 15) is 9.59 Å². The maximum absolute atomic E-state index is 12.3. The molecule has 0 aromatic heterocycles. The van der Waals surface area contributed by atoms with Crippen LogP contribution in [0, 0.1) is 0 Å². The molecule has 0 aromatic carbocycles. The van der Waals surface area contributed by atoms with Gasteiger partial charge in [-0.05, 0) is 0 Å². The number of piperazine rings is 2. The van der Waals surface area contributed by atoms with Crippen molar-refractivity contribution in [3.63, 3.8) is 0 Å². The lowest BCUT2D eigenvalue weighted by Gasteiger charge is -2.37. The molecule has 0 saturated carbocycles. The Morgan fingerprint density at radius 1 is 0.636 bits per heavy atom. The van der Waals surface area contributed by atoms with Gasteiger partial charge in [-0.2, -0.15) is 0 Å². The van der Waals surface area contributed by atoms with E-state index in [1.165, 1.54) is 0 Å². The van der Waals surface area contributed by atoms with Gasteiger partial charge >= 0.3 is 11.8 Å². The van der Waals surface area contributed by atoms with Crippen LogP contribution in [0.15, 0.2) is 0 Å². The number of rotatable bonds is 4. The fraction of sp³-hybridized carbons (Fsp3) is 0.857. The van der Waals surface area contributed by atoms with Crippen molar-refractivity contribution in [1.29, 1.82) is 0 Å².